The Bertz CT molecular complexity index is 405. The molecule has 0 spiro atoms. The lowest BCUT2D eigenvalue weighted by atomic mass is 10.2. The zero-order chi connectivity index (χ0) is 11.5. The van der Waals surface area contributed by atoms with E-state index in [4.69, 9.17) is 22.1 Å². The minimum absolute atomic E-state index is 0.0341. The van der Waals surface area contributed by atoms with Crippen molar-refractivity contribution in [2.75, 3.05) is 18.9 Å². The van der Waals surface area contributed by atoms with Crippen molar-refractivity contribution in [2.45, 2.75) is 12.5 Å². The first-order valence-corrected chi connectivity index (χ1v) is 5.35. The van der Waals surface area contributed by atoms with Gasteiger partial charge in [-0.25, -0.2) is 4.98 Å². The molecular weight excluding hydrogens is 230 g/mol. The fourth-order valence-corrected chi connectivity index (χ4v) is 1.71. The number of carbonyl (C=O) groups excluding carboxylic acids is 1. The molecule has 0 bridgehead atoms. The predicted molar refractivity (Wildman–Crippen MR) is 60.3 cm³/mol. The number of hydrogen-bond donors (Lipinski definition) is 2. The van der Waals surface area contributed by atoms with Gasteiger partial charge in [-0.15, -0.1) is 0 Å². The summed E-state index contributed by atoms with van der Waals surface area (Å²) < 4.78 is 5.15. The van der Waals surface area contributed by atoms with Gasteiger partial charge in [0.1, 0.15) is 11.5 Å². The first-order valence-electron chi connectivity index (χ1n) is 4.97. The van der Waals surface area contributed by atoms with E-state index >= 15 is 0 Å². The second kappa shape index (κ2) is 4.67. The number of nitrogens with zero attached hydrogens (tertiary/aromatic N) is 1. The van der Waals surface area contributed by atoms with E-state index in [-0.39, 0.29) is 23.5 Å². The van der Waals surface area contributed by atoms with Gasteiger partial charge in [-0.2, -0.15) is 0 Å². The number of pyridine rings is 1. The topological polar surface area (TPSA) is 77.2 Å². The second-order valence-electron chi connectivity index (χ2n) is 3.60. The molecule has 0 aliphatic carbocycles. The van der Waals surface area contributed by atoms with Crippen molar-refractivity contribution in [3.63, 3.8) is 0 Å². The summed E-state index contributed by atoms with van der Waals surface area (Å²) in [6.45, 7) is 1.20. The number of anilines is 1. The molecule has 1 aromatic heterocycles. The molecule has 16 heavy (non-hydrogen) atoms. The maximum absolute atomic E-state index is 11.8. The average molecular weight is 242 g/mol. The van der Waals surface area contributed by atoms with Crippen molar-refractivity contribution in [3.8, 4) is 0 Å². The van der Waals surface area contributed by atoms with Gasteiger partial charge >= 0.3 is 0 Å². The number of hydrogen-bond acceptors (Lipinski definition) is 4. The maximum atomic E-state index is 11.8. The first-order chi connectivity index (χ1) is 7.66. The summed E-state index contributed by atoms with van der Waals surface area (Å²) in [5.74, 6) is -0.0370. The first kappa shape index (κ1) is 11.2. The molecule has 1 aliphatic heterocycles. The number of nitrogen functional groups attached to an aromatic ring is 1. The lowest BCUT2D eigenvalue weighted by Gasteiger charge is -2.10. The van der Waals surface area contributed by atoms with Crippen LogP contribution >= 0.6 is 11.6 Å². The van der Waals surface area contributed by atoms with E-state index in [1.54, 1.807) is 12.1 Å². The highest BCUT2D eigenvalue weighted by Gasteiger charge is 2.20. The number of carbonyl (C=O) groups is 1. The van der Waals surface area contributed by atoms with Gasteiger partial charge in [-0.3, -0.25) is 4.79 Å². The van der Waals surface area contributed by atoms with Gasteiger partial charge in [0.2, 0.25) is 0 Å². The monoisotopic (exact) mass is 241 g/mol. The van der Waals surface area contributed by atoms with Crippen LogP contribution in [0.25, 0.3) is 0 Å². The summed E-state index contributed by atoms with van der Waals surface area (Å²) in [4.78, 5) is 15.7. The third kappa shape index (κ3) is 2.43. The number of nitrogens with one attached hydrogen (secondary N) is 1. The summed E-state index contributed by atoms with van der Waals surface area (Å²) >= 11 is 5.87. The molecule has 6 heteroatoms. The summed E-state index contributed by atoms with van der Waals surface area (Å²) in [6, 6.07) is 3.15. The Morgan fingerprint density at radius 3 is 3.12 bits per heavy atom. The lowest BCUT2D eigenvalue weighted by molar-refractivity contribution is 0.0925. The molecule has 0 radical (unpaired) electrons. The zero-order valence-electron chi connectivity index (χ0n) is 8.57. The van der Waals surface area contributed by atoms with Gasteiger partial charge in [0.15, 0.2) is 0 Å². The molecule has 2 heterocycles. The highest BCUT2D eigenvalue weighted by molar-refractivity contribution is 6.33. The van der Waals surface area contributed by atoms with Crippen molar-refractivity contribution < 1.29 is 9.53 Å². The number of amides is 1. The summed E-state index contributed by atoms with van der Waals surface area (Å²) in [5.41, 5.74) is 5.66. The maximum Gasteiger partial charge on any atom is 0.271 e. The average Bonchev–Trinajstić information content (AvgIpc) is 2.74. The molecule has 1 unspecified atom stereocenters. The standard InChI is InChI=1S/C10H12ClN3O2/c11-7-1-2-8(12)14-9(7)10(15)13-6-3-4-16-5-6/h1-2,6H,3-5H2,(H2,12,14)(H,13,15). The Balaban J connectivity index is 2.10. The second-order valence-corrected chi connectivity index (χ2v) is 4.01. The normalized spacial score (nSPS) is 19.7. The van der Waals surface area contributed by atoms with E-state index in [0.29, 0.717) is 18.2 Å². The number of nitrogens with two attached hydrogens (primary N) is 1. The molecule has 0 aromatic carbocycles. The van der Waals surface area contributed by atoms with Gasteiger partial charge < -0.3 is 15.8 Å². The van der Waals surface area contributed by atoms with Crippen molar-refractivity contribution >= 4 is 23.3 Å². The van der Waals surface area contributed by atoms with Gasteiger partial charge in [-0.1, -0.05) is 11.6 Å². The van der Waals surface area contributed by atoms with E-state index in [1.165, 1.54) is 0 Å². The van der Waals surface area contributed by atoms with Crippen LogP contribution in [0.4, 0.5) is 5.82 Å². The Kier molecular flexibility index (Phi) is 3.26. The molecule has 1 atom stereocenters. The molecular formula is C10H12ClN3O2. The van der Waals surface area contributed by atoms with Crippen LogP contribution < -0.4 is 11.1 Å². The Hall–Kier alpha value is -1.33. The smallest absolute Gasteiger partial charge is 0.271 e. The Morgan fingerprint density at radius 1 is 1.62 bits per heavy atom. The third-order valence-corrected chi connectivity index (χ3v) is 2.65. The summed E-state index contributed by atoms with van der Waals surface area (Å²) in [5, 5.41) is 3.09. The van der Waals surface area contributed by atoms with Crippen LogP contribution in [0.3, 0.4) is 0 Å². The predicted octanol–water partition coefficient (Wildman–Crippen LogP) is 0.836. The van der Waals surface area contributed by atoms with Crippen LogP contribution in [0.5, 0.6) is 0 Å². The minimum Gasteiger partial charge on any atom is -0.384 e. The largest absolute Gasteiger partial charge is 0.384 e. The van der Waals surface area contributed by atoms with Crippen molar-refractivity contribution in [3.05, 3.63) is 22.8 Å². The minimum atomic E-state index is -0.312. The lowest BCUT2D eigenvalue weighted by Crippen LogP contribution is -2.35. The quantitative estimate of drug-likeness (QED) is 0.804. The van der Waals surface area contributed by atoms with E-state index in [2.05, 4.69) is 10.3 Å². The van der Waals surface area contributed by atoms with E-state index in [1.807, 2.05) is 0 Å². The van der Waals surface area contributed by atoms with Gasteiger partial charge in [0, 0.05) is 6.61 Å². The number of aromatic nitrogens is 1. The van der Waals surface area contributed by atoms with Crippen LogP contribution in [0.15, 0.2) is 12.1 Å². The highest BCUT2D eigenvalue weighted by atomic mass is 35.5. The summed E-state index contributed by atoms with van der Waals surface area (Å²) in [6.07, 6.45) is 0.811. The van der Waals surface area contributed by atoms with Crippen molar-refractivity contribution in [2.24, 2.45) is 0 Å². The number of halogens is 1. The molecule has 86 valence electrons. The molecule has 1 amide bonds. The fourth-order valence-electron chi connectivity index (χ4n) is 1.52. The Labute approximate surface area is 97.9 Å². The van der Waals surface area contributed by atoms with Crippen molar-refractivity contribution in [1.82, 2.24) is 10.3 Å². The third-order valence-electron chi connectivity index (χ3n) is 2.35. The van der Waals surface area contributed by atoms with Crippen LogP contribution in [0.2, 0.25) is 5.02 Å². The molecule has 1 aliphatic rings. The van der Waals surface area contributed by atoms with Crippen LogP contribution in [0.1, 0.15) is 16.9 Å². The number of rotatable bonds is 2. The van der Waals surface area contributed by atoms with Crippen LogP contribution in [-0.4, -0.2) is 30.1 Å². The molecule has 3 N–H and O–H groups in total. The fraction of sp³-hybridized carbons (Fsp3) is 0.400. The molecule has 1 saturated heterocycles. The molecule has 1 aromatic rings. The molecule has 5 nitrogen and oxygen atoms in total. The zero-order valence-corrected chi connectivity index (χ0v) is 9.33. The SMILES string of the molecule is Nc1ccc(Cl)c(C(=O)NC2CCOC2)n1. The molecule has 2 rings (SSSR count). The van der Waals surface area contributed by atoms with Gasteiger partial charge in [0.25, 0.3) is 5.91 Å². The van der Waals surface area contributed by atoms with Gasteiger partial charge in [-0.05, 0) is 18.6 Å². The molecule has 1 fully saturated rings. The van der Waals surface area contributed by atoms with E-state index in [0.717, 1.165) is 6.42 Å². The van der Waals surface area contributed by atoms with E-state index in [9.17, 15) is 4.79 Å². The Morgan fingerprint density at radius 2 is 2.44 bits per heavy atom. The molecule has 0 saturated carbocycles. The van der Waals surface area contributed by atoms with Crippen molar-refractivity contribution in [1.29, 1.82) is 0 Å². The van der Waals surface area contributed by atoms with Crippen LogP contribution in [-0.2, 0) is 4.74 Å². The highest BCUT2D eigenvalue weighted by Crippen LogP contribution is 2.15. The van der Waals surface area contributed by atoms with Gasteiger partial charge in [0.05, 0.1) is 17.7 Å². The van der Waals surface area contributed by atoms with Crippen LogP contribution in [0, 0.1) is 0 Å². The number of ether oxygens (including phenoxy) is 1. The van der Waals surface area contributed by atoms with E-state index < -0.39 is 0 Å². The summed E-state index contributed by atoms with van der Waals surface area (Å²) in [7, 11) is 0.